The van der Waals surface area contributed by atoms with Crippen molar-refractivity contribution in [1.82, 2.24) is 18.7 Å². The number of aromatic nitrogens is 4. The molecule has 0 saturated carbocycles. The largest absolute Gasteiger partial charge is 0.328 e. The molecular weight excluding hydrogens is 709 g/mol. The minimum atomic E-state index is -0.116. The van der Waals surface area contributed by atoms with Gasteiger partial charge in [0.2, 0.25) is 0 Å². The molecule has 0 saturated heterocycles. The fourth-order valence-corrected chi connectivity index (χ4v) is 9.39. The Kier molecular flexibility index (Phi) is 7.01. The third kappa shape index (κ3) is 4.68. The van der Waals surface area contributed by atoms with Crippen LogP contribution in [0.1, 0.15) is 0 Å². The monoisotopic (exact) mass is 742 g/mol. The van der Waals surface area contributed by atoms with E-state index >= 15 is 0 Å². The highest BCUT2D eigenvalue weighted by atomic mass is 16.1. The van der Waals surface area contributed by atoms with Crippen molar-refractivity contribution >= 4 is 65.4 Å². The van der Waals surface area contributed by atoms with E-state index in [4.69, 9.17) is 0 Å². The first-order chi connectivity index (χ1) is 28.7. The maximum absolute atomic E-state index is 14.4. The second kappa shape index (κ2) is 12.6. The number of hydrogen-bond acceptors (Lipinski definition) is 1. The van der Waals surface area contributed by atoms with E-state index in [-0.39, 0.29) is 5.56 Å². The Bertz CT molecular complexity index is 3630. The van der Waals surface area contributed by atoms with E-state index in [1.54, 1.807) is 0 Å². The Hall–Kier alpha value is -7.89. The molecule has 272 valence electrons. The number of rotatable bonds is 5. The van der Waals surface area contributed by atoms with Crippen molar-refractivity contribution in [2.45, 2.75) is 0 Å². The molecule has 0 aliphatic heterocycles. The van der Waals surface area contributed by atoms with Crippen LogP contribution in [-0.2, 0) is 0 Å². The molecule has 8 aromatic carbocycles. The van der Waals surface area contributed by atoms with Gasteiger partial charge in [0.05, 0.1) is 38.5 Å². The molecule has 0 unspecified atom stereocenters. The van der Waals surface area contributed by atoms with E-state index in [1.807, 2.05) is 12.3 Å². The molecule has 0 fully saturated rings. The zero-order valence-electron chi connectivity index (χ0n) is 31.3. The van der Waals surface area contributed by atoms with E-state index in [0.717, 1.165) is 83.2 Å². The van der Waals surface area contributed by atoms with Crippen LogP contribution in [0.15, 0.2) is 205 Å². The third-order valence-corrected chi connectivity index (χ3v) is 11.8. The first kappa shape index (κ1) is 32.4. The molecule has 0 amide bonds. The van der Waals surface area contributed by atoms with Crippen molar-refractivity contribution in [3.8, 4) is 39.3 Å². The number of pyridine rings is 1. The van der Waals surface area contributed by atoms with Crippen molar-refractivity contribution in [2.75, 3.05) is 0 Å². The second-order valence-corrected chi connectivity index (χ2v) is 15.0. The van der Waals surface area contributed by atoms with Crippen LogP contribution in [0, 0.1) is 0 Å². The SMILES string of the molecule is O=c1[nH]cc(-c2ccc3c(c2)c2ccccc2n3-c2ccccc2)c2c1c1c(-c3ccc4c(c3)c3ccccc3n4-c3ccccc3)cccc1n2-c1ccccc1. The van der Waals surface area contributed by atoms with Crippen LogP contribution in [0.25, 0.3) is 105 Å². The summed E-state index contributed by atoms with van der Waals surface area (Å²) in [6.45, 7) is 0. The summed E-state index contributed by atoms with van der Waals surface area (Å²) in [5.74, 6) is 0. The fourth-order valence-electron chi connectivity index (χ4n) is 9.39. The number of fused-ring (bicyclic) bond motifs is 9. The van der Waals surface area contributed by atoms with Crippen molar-refractivity contribution in [2.24, 2.45) is 0 Å². The predicted molar refractivity (Wildman–Crippen MR) is 241 cm³/mol. The molecular formula is C53H34N4O. The number of H-pyrrole nitrogens is 1. The molecule has 12 rings (SSSR count). The third-order valence-electron chi connectivity index (χ3n) is 11.8. The molecule has 4 aromatic heterocycles. The minimum Gasteiger partial charge on any atom is -0.328 e. The summed E-state index contributed by atoms with van der Waals surface area (Å²) < 4.78 is 6.94. The normalized spacial score (nSPS) is 11.9. The van der Waals surface area contributed by atoms with Gasteiger partial charge in [-0.1, -0.05) is 115 Å². The van der Waals surface area contributed by atoms with Gasteiger partial charge in [0.25, 0.3) is 5.56 Å². The molecule has 12 aromatic rings. The molecule has 5 heteroatoms. The van der Waals surface area contributed by atoms with Gasteiger partial charge in [0, 0.05) is 55.8 Å². The van der Waals surface area contributed by atoms with Crippen LogP contribution in [0.4, 0.5) is 0 Å². The first-order valence-corrected chi connectivity index (χ1v) is 19.7. The van der Waals surface area contributed by atoms with Gasteiger partial charge in [-0.25, -0.2) is 0 Å². The van der Waals surface area contributed by atoms with Crippen LogP contribution in [0.3, 0.4) is 0 Å². The van der Waals surface area contributed by atoms with Gasteiger partial charge in [-0.2, -0.15) is 0 Å². The molecule has 0 spiro atoms. The van der Waals surface area contributed by atoms with Crippen LogP contribution in [0.5, 0.6) is 0 Å². The van der Waals surface area contributed by atoms with E-state index in [2.05, 4.69) is 207 Å². The number of aromatic amines is 1. The van der Waals surface area contributed by atoms with Gasteiger partial charge >= 0.3 is 0 Å². The maximum Gasteiger partial charge on any atom is 0.258 e. The highest BCUT2D eigenvalue weighted by Gasteiger charge is 2.23. The quantitative estimate of drug-likeness (QED) is 0.188. The standard InChI is InChI=1S/C53H34N4O/c58-53-51-50-39(34-27-29-47-42(31-34)40-21-10-12-24-45(40)55(47)36-15-4-1-5-16-36)23-14-26-49(50)57(38-19-8-3-9-20-38)52(51)44(33-54-53)35-28-30-48-43(32-35)41-22-11-13-25-46(41)56(48)37-17-6-2-7-18-37/h1-33H,(H,54,58). The predicted octanol–water partition coefficient (Wildman–Crippen LogP) is 13.0. The van der Waals surface area contributed by atoms with E-state index in [1.165, 1.54) is 16.2 Å². The lowest BCUT2D eigenvalue weighted by Crippen LogP contribution is -2.06. The Morgan fingerprint density at radius 2 is 0.793 bits per heavy atom. The van der Waals surface area contributed by atoms with Crippen LogP contribution >= 0.6 is 0 Å². The smallest absolute Gasteiger partial charge is 0.258 e. The molecule has 0 aliphatic carbocycles. The topological polar surface area (TPSA) is 47.6 Å². The summed E-state index contributed by atoms with van der Waals surface area (Å²) in [7, 11) is 0. The molecule has 0 radical (unpaired) electrons. The number of hydrogen-bond donors (Lipinski definition) is 1. The van der Waals surface area contributed by atoms with Crippen molar-refractivity contribution < 1.29 is 0 Å². The Morgan fingerprint density at radius 3 is 1.34 bits per heavy atom. The molecule has 0 aliphatic rings. The second-order valence-electron chi connectivity index (χ2n) is 15.0. The molecule has 5 nitrogen and oxygen atoms in total. The van der Waals surface area contributed by atoms with Gasteiger partial charge in [0.15, 0.2) is 0 Å². The summed E-state index contributed by atoms with van der Waals surface area (Å²) in [4.78, 5) is 17.6. The summed E-state index contributed by atoms with van der Waals surface area (Å²) in [6.07, 6.45) is 1.89. The maximum atomic E-state index is 14.4. The van der Waals surface area contributed by atoms with Crippen molar-refractivity contribution in [1.29, 1.82) is 0 Å². The average molecular weight is 743 g/mol. The highest BCUT2D eigenvalue weighted by Crippen LogP contribution is 2.43. The number of nitrogens with zero attached hydrogens (tertiary/aromatic N) is 3. The summed E-state index contributed by atoms with van der Waals surface area (Å²) >= 11 is 0. The summed E-state index contributed by atoms with van der Waals surface area (Å²) in [6, 6.07) is 68.5. The van der Waals surface area contributed by atoms with Crippen molar-refractivity contribution in [3.05, 3.63) is 211 Å². The number of nitrogens with one attached hydrogen (secondary N) is 1. The van der Waals surface area contributed by atoms with Gasteiger partial charge in [-0.05, 0) is 95.6 Å². The zero-order chi connectivity index (χ0) is 38.3. The first-order valence-electron chi connectivity index (χ1n) is 19.7. The van der Waals surface area contributed by atoms with E-state index in [9.17, 15) is 4.79 Å². The van der Waals surface area contributed by atoms with Crippen LogP contribution in [-0.4, -0.2) is 18.7 Å². The fraction of sp³-hybridized carbons (Fsp3) is 0. The molecule has 4 heterocycles. The minimum absolute atomic E-state index is 0.116. The van der Waals surface area contributed by atoms with Gasteiger partial charge < -0.3 is 18.7 Å². The lowest BCUT2D eigenvalue weighted by molar-refractivity contribution is 1.17. The molecule has 0 bridgehead atoms. The average Bonchev–Trinajstić information content (AvgIpc) is 3.93. The summed E-state index contributed by atoms with van der Waals surface area (Å²) in [5.41, 5.74) is 13.6. The Morgan fingerprint density at radius 1 is 0.345 bits per heavy atom. The zero-order valence-corrected chi connectivity index (χ0v) is 31.3. The van der Waals surface area contributed by atoms with E-state index in [0.29, 0.717) is 5.39 Å². The van der Waals surface area contributed by atoms with Crippen molar-refractivity contribution in [3.63, 3.8) is 0 Å². The lowest BCUT2D eigenvalue weighted by atomic mass is 9.97. The molecule has 0 atom stereocenters. The number of para-hydroxylation sites is 5. The van der Waals surface area contributed by atoms with E-state index < -0.39 is 0 Å². The van der Waals surface area contributed by atoms with Crippen LogP contribution in [0.2, 0.25) is 0 Å². The van der Waals surface area contributed by atoms with Gasteiger partial charge in [-0.15, -0.1) is 0 Å². The highest BCUT2D eigenvalue weighted by molar-refractivity contribution is 6.20. The lowest BCUT2D eigenvalue weighted by Gasteiger charge is -2.12. The molecule has 1 N–H and O–H groups in total. The summed E-state index contributed by atoms with van der Waals surface area (Å²) in [5, 5.41) is 6.29. The van der Waals surface area contributed by atoms with Gasteiger partial charge in [-0.3, -0.25) is 4.79 Å². The molecule has 58 heavy (non-hydrogen) atoms. The Labute approximate surface area is 332 Å². The number of benzene rings is 8. The van der Waals surface area contributed by atoms with Gasteiger partial charge in [0.1, 0.15) is 0 Å². The van der Waals surface area contributed by atoms with Crippen LogP contribution < -0.4 is 5.56 Å². The Balaban J connectivity index is 1.14.